The summed E-state index contributed by atoms with van der Waals surface area (Å²) in [5.74, 6) is 1.50. The number of aromatic nitrogens is 2. The number of guanidine groups is 1. The summed E-state index contributed by atoms with van der Waals surface area (Å²) in [6, 6.07) is 0.323. The van der Waals surface area contributed by atoms with Crippen molar-refractivity contribution in [2.24, 2.45) is 10.7 Å². The molecule has 6 heteroatoms. The molecule has 3 N–H and O–H groups in total. The van der Waals surface area contributed by atoms with Gasteiger partial charge in [0, 0.05) is 25.0 Å². The second kappa shape index (κ2) is 7.48. The number of nitrogens with one attached hydrogen (secondary N) is 1. The molecule has 92 valence electrons. The molecule has 0 amide bonds. The van der Waals surface area contributed by atoms with Crippen LogP contribution in [-0.2, 0) is 6.54 Å². The quantitative estimate of drug-likeness (QED) is 0.492. The van der Waals surface area contributed by atoms with Crippen LogP contribution in [0.4, 0.5) is 0 Å². The van der Waals surface area contributed by atoms with Crippen molar-refractivity contribution in [1.29, 1.82) is 0 Å². The molecule has 0 saturated carbocycles. The first-order chi connectivity index (χ1) is 7.09. The summed E-state index contributed by atoms with van der Waals surface area (Å²) in [7, 11) is 0. The lowest BCUT2D eigenvalue weighted by molar-refractivity contribution is 0.674. The van der Waals surface area contributed by atoms with Crippen molar-refractivity contribution in [2.45, 2.75) is 33.4 Å². The van der Waals surface area contributed by atoms with Crippen molar-refractivity contribution in [3.8, 4) is 0 Å². The predicted molar refractivity (Wildman–Crippen MR) is 77.1 cm³/mol. The fraction of sp³-hybridized carbons (Fsp3) is 0.600. The van der Waals surface area contributed by atoms with Gasteiger partial charge in [-0.25, -0.2) is 4.98 Å². The third-order valence-corrected chi connectivity index (χ3v) is 1.98. The number of nitrogens with zero attached hydrogens (tertiary/aromatic N) is 3. The van der Waals surface area contributed by atoms with Gasteiger partial charge in [0.05, 0.1) is 6.54 Å². The van der Waals surface area contributed by atoms with Crippen molar-refractivity contribution in [1.82, 2.24) is 14.9 Å². The molecule has 1 rings (SSSR count). The van der Waals surface area contributed by atoms with Crippen molar-refractivity contribution >= 4 is 29.9 Å². The smallest absolute Gasteiger partial charge is 0.188 e. The van der Waals surface area contributed by atoms with E-state index in [0.717, 1.165) is 12.4 Å². The number of rotatable bonds is 4. The Morgan fingerprint density at radius 1 is 1.62 bits per heavy atom. The molecule has 1 aromatic rings. The van der Waals surface area contributed by atoms with E-state index in [1.807, 2.05) is 31.5 Å². The lowest BCUT2D eigenvalue weighted by atomic mass is 10.4. The van der Waals surface area contributed by atoms with E-state index in [4.69, 9.17) is 5.73 Å². The summed E-state index contributed by atoms with van der Waals surface area (Å²) in [5, 5.41) is 3.04. The minimum absolute atomic E-state index is 0. The van der Waals surface area contributed by atoms with Crippen LogP contribution in [0.15, 0.2) is 17.4 Å². The highest BCUT2D eigenvalue weighted by Crippen LogP contribution is 1.94. The Labute approximate surface area is 114 Å². The maximum atomic E-state index is 5.67. The first-order valence-electron chi connectivity index (χ1n) is 5.14. The summed E-state index contributed by atoms with van der Waals surface area (Å²) < 4.78 is 2.05. The molecule has 0 aliphatic rings. The minimum atomic E-state index is 0. The van der Waals surface area contributed by atoms with Gasteiger partial charge in [-0.05, 0) is 20.8 Å². The lowest BCUT2D eigenvalue weighted by Gasteiger charge is -2.08. The van der Waals surface area contributed by atoms with Crippen LogP contribution in [0.5, 0.6) is 0 Å². The molecule has 0 aliphatic heterocycles. The first kappa shape index (κ1) is 15.2. The Morgan fingerprint density at radius 2 is 2.31 bits per heavy atom. The maximum Gasteiger partial charge on any atom is 0.188 e. The Kier molecular flexibility index (Phi) is 7.11. The number of nitrogens with two attached hydrogens (primary N) is 1. The Hall–Kier alpha value is -0.790. The number of aliphatic imine (C=N–C) groups is 1. The van der Waals surface area contributed by atoms with E-state index in [9.17, 15) is 0 Å². The second-order valence-corrected chi connectivity index (χ2v) is 3.73. The van der Waals surface area contributed by atoms with Crippen molar-refractivity contribution in [2.75, 3.05) is 6.54 Å². The van der Waals surface area contributed by atoms with Crippen LogP contribution in [-0.4, -0.2) is 28.1 Å². The monoisotopic (exact) mass is 337 g/mol. The van der Waals surface area contributed by atoms with Crippen LogP contribution in [0.2, 0.25) is 0 Å². The van der Waals surface area contributed by atoms with Gasteiger partial charge in [0.25, 0.3) is 0 Å². The molecule has 0 spiro atoms. The molecule has 0 aromatic carbocycles. The van der Waals surface area contributed by atoms with Gasteiger partial charge in [0.2, 0.25) is 0 Å². The van der Waals surface area contributed by atoms with E-state index in [1.54, 1.807) is 6.20 Å². The number of hydrogen-bond donors (Lipinski definition) is 2. The average molecular weight is 337 g/mol. The summed E-state index contributed by atoms with van der Waals surface area (Å²) >= 11 is 0. The summed E-state index contributed by atoms with van der Waals surface area (Å²) in [6.45, 7) is 7.51. The molecule has 0 fully saturated rings. The third-order valence-electron chi connectivity index (χ3n) is 1.98. The van der Waals surface area contributed by atoms with Gasteiger partial charge in [-0.15, -0.1) is 24.0 Å². The Bertz CT molecular complexity index is 332. The zero-order valence-corrected chi connectivity index (χ0v) is 12.3. The SMILES string of the molecule is Cc1nccn1CCN=C(N)NC(C)C.I. The van der Waals surface area contributed by atoms with Gasteiger partial charge in [-0.3, -0.25) is 4.99 Å². The zero-order chi connectivity index (χ0) is 11.3. The van der Waals surface area contributed by atoms with Gasteiger partial charge in [-0.2, -0.15) is 0 Å². The molecular weight excluding hydrogens is 317 g/mol. The van der Waals surface area contributed by atoms with Crippen molar-refractivity contribution < 1.29 is 0 Å². The first-order valence-corrected chi connectivity index (χ1v) is 5.14. The topological polar surface area (TPSA) is 68.2 Å². The maximum absolute atomic E-state index is 5.67. The highest BCUT2D eigenvalue weighted by atomic mass is 127. The summed E-state index contributed by atoms with van der Waals surface area (Å²) in [6.07, 6.45) is 3.73. The van der Waals surface area contributed by atoms with Crippen LogP contribution in [0.25, 0.3) is 0 Å². The molecule has 0 atom stereocenters. The van der Waals surface area contributed by atoms with E-state index < -0.39 is 0 Å². The van der Waals surface area contributed by atoms with Crippen LogP contribution < -0.4 is 11.1 Å². The molecule has 0 unspecified atom stereocenters. The minimum Gasteiger partial charge on any atom is -0.370 e. The van der Waals surface area contributed by atoms with Crippen molar-refractivity contribution in [3.63, 3.8) is 0 Å². The Balaban J connectivity index is 0.00000225. The summed E-state index contributed by atoms with van der Waals surface area (Å²) in [5.41, 5.74) is 5.67. The largest absolute Gasteiger partial charge is 0.370 e. The van der Waals surface area contributed by atoms with E-state index in [-0.39, 0.29) is 24.0 Å². The molecule has 16 heavy (non-hydrogen) atoms. The lowest BCUT2D eigenvalue weighted by Crippen LogP contribution is -2.37. The fourth-order valence-electron chi connectivity index (χ4n) is 1.26. The molecule has 1 heterocycles. The molecule has 5 nitrogen and oxygen atoms in total. The van der Waals surface area contributed by atoms with Gasteiger partial charge >= 0.3 is 0 Å². The van der Waals surface area contributed by atoms with Gasteiger partial charge in [0.1, 0.15) is 5.82 Å². The Morgan fingerprint density at radius 3 is 2.81 bits per heavy atom. The van der Waals surface area contributed by atoms with Crippen LogP contribution in [0.3, 0.4) is 0 Å². The van der Waals surface area contributed by atoms with E-state index in [0.29, 0.717) is 18.5 Å². The normalized spacial score (nSPS) is 11.4. The van der Waals surface area contributed by atoms with Gasteiger partial charge in [0.15, 0.2) is 5.96 Å². The number of halogens is 1. The van der Waals surface area contributed by atoms with E-state index in [1.165, 1.54) is 0 Å². The molecule has 0 radical (unpaired) electrons. The summed E-state index contributed by atoms with van der Waals surface area (Å²) in [4.78, 5) is 8.35. The van der Waals surface area contributed by atoms with E-state index in [2.05, 4.69) is 15.3 Å². The third kappa shape index (κ3) is 5.34. The molecule has 0 saturated heterocycles. The average Bonchev–Trinajstić information content (AvgIpc) is 2.50. The standard InChI is InChI=1S/C10H19N5.HI/c1-8(2)14-10(11)13-5-7-15-6-4-12-9(15)3;/h4,6,8H,5,7H2,1-3H3,(H3,11,13,14);1H. The zero-order valence-electron chi connectivity index (χ0n) is 9.97. The van der Waals surface area contributed by atoms with Crippen molar-refractivity contribution in [3.05, 3.63) is 18.2 Å². The van der Waals surface area contributed by atoms with Crippen LogP contribution in [0.1, 0.15) is 19.7 Å². The molecular formula is C10H20IN5. The van der Waals surface area contributed by atoms with Gasteiger partial charge < -0.3 is 15.6 Å². The highest BCUT2D eigenvalue weighted by molar-refractivity contribution is 14.0. The van der Waals surface area contributed by atoms with Gasteiger partial charge in [-0.1, -0.05) is 0 Å². The number of imidazole rings is 1. The number of aryl methyl sites for hydroxylation is 1. The molecule has 0 bridgehead atoms. The fourth-order valence-corrected chi connectivity index (χ4v) is 1.26. The highest BCUT2D eigenvalue weighted by Gasteiger charge is 1.96. The molecule has 1 aromatic heterocycles. The van der Waals surface area contributed by atoms with Crippen LogP contribution in [0, 0.1) is 6.92 Å². The van der Waals surface area contributed by atoms with Crippen LogP contribution >= 0.6 is 24.0 Å². The second-order valence-electron chi connectivity index (χ2n) is 3.73. The number of hydrogen-bond acceptors (Lipinski definition) is 2. The predicted octanol–water partition coefficient (Wildman–Crippen LogP) is 1.12. The van der Waals surface area contributed by atoms with E-state index >= 15 is 0 Å². The molecule has 0 aliphatic carbocycles.